The molecule has 128 valence electrons. The summed E-state index contributed by atoms with van der Waals surface area (Å²) in [6.07, 6.45) is 0. The summed E-state index contributed by atoms with van der Waals surface area (Å²) in [6.45, 7) is 10.6. The van der Waals surface area contributed by atoms with Gasteiger partial charge in [-0.25, -0.2) is 4.98 Å². The van der Waals surface area contributed by atoms with Gasteiger partial charge in [0.15, 0.2) is 10.9 Å². The zero-order chi connectivity index (χ0) is 16.4. The second-order valence-electron chi connectivity index (χ2n) is 6.70. The molecule has 0 bridgehead atoms. The van der Waals surface area contributed by atoms with E-state index < -0.39 is 0 Å². The van der Waals surface area contributed by atoms with E-state index in [4.69, 9.17) is 0 Å². The molecule has 0 aromatic carbocycles. The van der Waals surface area contributed by atoms with E-state index in [0.717, 1.165) is 68.1 Å². The van der Waals surface area contributed by atoms with E-state index in [-0.39, 0.29) is 5.78 Å². The van der Waals surface area contributed by atoms with Crippen molar-refractivity contribution >= 4 is 22.3 Å². The van der Waals surface area contributed by atoms with Crippen molar-refractivity contribution in [1.29, 1.82) is 0 Å². The van der Waals surface area contributed by atoms with Gasteiger partial charge in [-0.05, 0) is 21.0 Å². The van der Waals surface area contributed by atoms with E-state index in [0.29, 0.717) is 6.54 Å². The third kappa shape index (κ3) is 4.09. The van der Waals surface area contributed by atoms with Gasteiger partial charge in [0.2, 0.25) is 0 Å². The Morgan fingerprint density at radius 2 is 1.57 bits per heavy atom. The van der Waals surface area contributed by atoms with Crippen LogP contribution in [0, 0.1) is 6.92 Å². The number of likely N-dealkylation sites (N-methyl/N-ethyl adjacent to an activating group) is 2. The molecule has 1 aromatic rings. The van der Waals surface area contributed by atoms with Gasteiger partial charge in [-0.15, -0.1) is 0 Å². The summed E-state index contributed by atoms with van der Waals surface area (Å²) in [6, 6.07) is 0. The molecule has 7 heteroatoms. The SMILES string of the molecule is Cc1nc(N2CCN(C)CC2)sc1C(=O)CN1CCN(C)CC1. The third-order valence-electron chi connectivity index (χ3n) is 4.78. The van der Waals surface area contributed by atoms with Crippen LogP contribution in [0.3, 0.4) is 0 Å². The molecule has 0 saturated carbocycles. The first-order valence-corrected chi connectivity index (χ1v) is 9.19. The number of hydrogen-bond acceptors (Lipinski definition) is 7. The van der Waals surface area contributed by atoms with Crippen molar-refractivity contribution in [2.75, 3.05) is 77.9 Å². The van der Waals surface area contributed by atoms with E-state index in [9.17, 15) is 4.79 Å². The number of carbonyl (C=O) groups is 1. The number of aryl methyl sites for hydroxylation is 1. The highest BCUT2D eigenvalue weighted by atomic mass is 32.1. The van der Waals surface area contributed by atoms with Gasteiger partial charge >= 0.3 is 0 Å². The summed E-state index contributed by atoms with van der Waals surface area (Å²) in [5.41, 5.74) is 0.892. The number of ketones is 1. The second-order valence-corrected chi connectivity index (χ2v) is 7.68. The minimum atomic E-state index is 0.227. The molecule has 0 radical (unpaired) electrons. The summed E-state index contributed by atoms with van der Waals surface area (Å²) in [5, 5.41) is 1.01. The largest absolute Gasteiger partial charge is 0.346 e. The summed E-state index contributed by atoms with van der Waals surface area (Å²) >= 11 is 1.57. The molecule has 2 fully saturated rings. The predicted molar refractivity (Wildman–Crippen MR) is 94.8 cm³/mol. The van der Waals surface area contributed by atoms with Crippen LogP contribution in [-0.4, -0.2) is 98.5 Å². The highest BCUT2D eigenvalue weighted by Crippen LogP contribution is 2.27. The highest BCUT2D eigenvalue weighted by molar-refractivity contribution is 7.17. The Morgan fingerprint density at radius 1 is 1.00 bits per heavy atom. The number of hydrogen-bond donors (Lipinski definition) is 0. The second kappa shape index (κ2) is 7.25. The predicted octanol–water partition coefficient (Wildman–Crippen LogP) is 0.633. The Labute approximate surface area is 142 Å². The Hall–Kier alpha value is -1.02. The van der Waals surface area contributed by atoms with Crippen LogP contribution >= 0.6 is 11.3 Å². The van der Waals surface area contributed by atoms with Crippen LogP contribution in [0.2, 0.25) is 0 Å². The maximum absolute atomic E-state index is 12.7. The van der Waals surface area contributed by atoms with Crippen LogP contribution in [0.1, 0.15) is 15.4 Å². The van der Waals surface area contributed by atoms with Crippen molar-refractivity contribution in [1.82, 2.24) is 19.7 Å². The van der Waals surface area contributed by atoms with Crippen LogP contribution in [0.25, 0.3) is 0 Å². The summed E-state index contributed by atoms with van der Waals surface area (Å²) in [5.74, 6) is 0.227. The van der Waals surface area contributed by atoms with Crippen molar-refractivity contribution < 1.29 is 4.79 Å². The van der Waals surface area contributed by atoms with Gasteiger partial charge in [0.1, 0.15) is 0 Å². The molecule has 2 saturated heterocycles. The number of thiazole rings is 1. The fourth-order valence-corrected chi connectivity index (χ4v) is 4.10. The molecule has 0 spiro atoms. The zero-order valence-corrected chi connectivity index (χ0v) is 15.2. The Balaban J connectivity index is 1.62. The molecule has 2 aliphatic heterocycles. The molecule has 0 N–H and O–H groups in total. The van der Waals surface area contributed by atoms with Gasteiger partial charge in [-0.3, -0.25) is 9.69 Å². The van der Waals surface area contributed by atoms with E-state index in [2.05, 4.69) is 38.7 Å². The number of piperazine rings is 2. The molecule has 1 aromatic heterocycles. The quantitative estimate of drug-likeness (QED) is 0.751. The average molecular weight is 337 g/mol. The van der Waals surface area contributed by atoms with E-state index in [1.54, 1.807) is 11.3 Å². The van der Waals surface area contributed by atoms with Gasteiger partial charge in [0.25, 0.3) is 0 Å². The first kappa shape index (κ1) is 16.8. The van der Waals surface area contributed by atoms with Crippen LogP contribution < -0.4 is 4.90 Å². The van der Waals surface area contributed by atoms with Crippen LogP contribution in [0.5, 0.6) is 0 Å². The van der Waals surface area contributed by atoms with Crippen molar-refractivity contribution in [3.05, 3.63) is 10.6 Å². The van der Waals surface area contributed by atoms with Crippen LogP contribution in [0.15, 0.2) is 0 Å². The van der Waals surface area contributed by atoms with Crippen molar-refractivity contribution in [3.63, 3.8) is 0 Å². The minimum absolute atomic E-state index is 0.227. The third-order valence-corrected chi connectivity index (χ3v) is 6.03. The molecule has 0 unspecified atom stereocenters. The molecule has 0 aliphatic carbocycles. The number of rotatable bonds is 4. The zero-order valence-electron chi connectivity index (χ0n) is 14.4. The van der Waals surface area contributed by atoms with Crippen LogP contribution in [0.4, 0.5) is 5.13 Å². The molecule has 6 nitrogen and oxygen atoms in total. The lowest BCUT2D eigenvalue weighted by Gasteiger charge is -2.32. The average Bonchev–Trinajstić information content (AvgIpc) is 2.92. The van der Waals surface area contributed by atoms with Gasteiger partial charge in [-0.1, -0.05) is 11.3 Å². The van der Waals surface area contributed by atoms with Gasteiger partial charge < -0.3 is 14.7 Å². The Morgan fingerprint density at radius 3 is 2.17 bits per heavy atom. The fourth-order valence-electron chi connectivity index (χ4n) is 3.05. The van der Waals surface area contributed by atoms with Gasteiger partial charge in [-0.2, -0.15) is 0 Å². The normalized spacial score (nSPS) is 21.8. The van der Waals surface area contributed by atoms with E-state index >= 15 is 0 Å². The number of Topliss-reactive ketones (excluding diaryl/α,β-unsaturated/α-hetero) is 1. The lowest BCUT2D eigenvalue weighted by molar-refractivity contribution is 0.0879. The number of nitrogens with zero attached hydrogens (tertiary/aromatic N) is 5. The lowest BCUT2D eigenvalue weighted by Crippen LogP contribution is -2.46. The smallest absolute Gasteiger partial charge is 0.188 e. The van der Waals surface area contributed by atoms with Crippen molar-refractivity contribution in [3.8, 4) is 0 Å². The first-order valence-electron chi connectivity index (χ1n) is 8.38. The number of carbonyl (C=O) groups excluding carboxylic acids is 1. The molecule has 3 heterocycles. The van der Waals surface area contributed by atoms with E-state index in [1.807, 2.05) is 6.92 Å². The molecule has 23 heavy (non-hydrogen) atoms. The topological polar surface area (TPSA) is 42.9 Å². The van der Waals surface area contributed by atoms with Crippen LogP contribution in [-0.2, 0) is 0 Å². The standard InChI is InChI=1S/C16H27N5OS/c1-13-15(14(22)12-20-8-4-18(2)5-9-20)23-16(17-13)21-10-6-19(3)7-11-21/h4-12H2,1-3H3. The lowest BCUT2D eigenvalue weighted by atomic mass is 10.2. The molecule has 0 amide bonds. The summed E-state index contributed by atoms with van der Waals surface area (Å²) < 4.78 is 0. The summed E-state index contributed by atoms with van der Waals surface area (Å²) in [4.78, 5) is 27.4. The number of anilines is 1. The Bertz CT molecular complexity index is 545. The first-order chi connectivity index (χ1) is 11.0. The molecular weight excluding hydrogens is 310 g/mol. The Kier molecular flexibility index (Phi) is 5.31. The maximum Gasteiger partial charge on any atom is 0.188 e. The van der Waals surface area contributed by atoms with Gasteiger partial charge in [0.05, 0.1) is 17.1 Å². The fraction of sp³-hybridized carbons (Fsp3) is 0.750. The molecule has 0 atom stereocenters. The number of aromatic nitrogens is 1. The van der Waals surface area contributed by atoms with E-state index in [1.165, 1.54) is 0 Å². The van der Waals surface area contributed by atoms with Crippen molar-refractivity contribution in [2.45, 2.75) is 6.92 Å². The molecule has 2 aliphatic rings. The van der Waals surface area contributed by atoms with Gasteiger partial charge in [0, 0.05) is 52.4 Å². The minimum Gasteiger partial charge on any atom is -0.346 e. The van der Waals surface area contributed by atoms with Crippen molar-refractivity contribution in [2.24, 2.45) is 0 Å². The monoisotopic (exact) mass is 337 g/mol. The molecular formula is C16H27N5OS. The summed E-state index contributed by atoms with van der Waals surface area (Å²) in [7, 11) is 4.28. The maximum atomic E-state index is 12.7. The highest BCUT2D eigenvalue weighted by Gasteiger charge is 2.23. The molecule has 3 rings (SSSR count).